The van der Waals surface area contributed by atoms with Gasteiger partial charge in [0.25, 0.3) is 5.56 Å². The molecule has 0 bridgehead atoms. The lowest BCUT2D eigenvalue weighted by Crippen LogP contribution is -2.51. The van der Waals surface area contributed by atoms with E-state index in [1.165, 1.54) is 17.5 Å². The summed E-state index contributed by atoms with van der Waals surface area (Å²) in [5.74, 6) is 0. The van der Waals surface area contributed by atoms with E-state index in [1.54, 1.807) is 4.57 Å². The van der Waals surface area contributed by atoms with Gasteiger partial charge in [0.15, 0.2) is 5.65 Å². The van der Waals surface area contributed by atoms with E-state index in [-0.39, 0.29) is 12.2 Å². The van der Waals surface area contributed by atoms with Gasteiger partial charge in [0.05, 0.1) is 18.5 Å². The Morgan fingerprint density at radius 3 is 2.03 bits per heavy atom. The van der Waals surface area contributed by atoms with Crippen molar-refractivity contribution in [3.8, 4) is 0 Å². The molecule has 3 heterocycles. The summed E-state index contributed by atoms with van der Waals surface area (Å²) in [4.78, 5) is 39.3. The third-order valence-corrected chi connectivity index (χ3v) is 6.54. The summed E-state index contributed by atoms with van der Waals surface area (Å²) in [5, 5.41) is 0. The number of fused-ring (bicyclic) bond motifs is 1. The van der Waals surface area contributed by atoms with Gasteiger partial charge in [-0.25, -0.2) is 9.78 Å². The number of benzene rings is 2. The summed E-state index contributed by atoms with van der Waals surface area (Å²) < 4.78 is 1.62. The van der Waals surface area contributed by atoms with Crippen molar-refractivity contribution in [2.75, 3.05) is 26.2 Å². The monoisotopic (exact) mass is 444 g/mol. The van der Waals surface area contributed by atoms with Crippen LogP contribution in [0.1, 0.15) is 36.7 Å². The maximum absolute atomic E-state index is 12.8. The lowest BCUT2D eigenvalue weighted by molar-refractivity contribution is 0.0495. The molecule has 0 amide bonds. The highest BCUT2D eigenvalue weighted by atomic mass is 16.2. The van der Waals surface area contributed by atoms with Gasteiger partial charge in [-0.1, -0.05) is 67.6 Å². The van der Waals surface area contributed by atoms with Crippen LogP contribution in [0.4, 0.5) is 0 Å². The molecule has 2 N–H and O–H groups in total. The fraction of sp³-hybridized carbons (Fsp3) is 0.320. The molecule has 1 unspecified atom stereocenters. The van der Waals surface area contributed by atoms with Crippen LogP contribution < -0.4 is 11.2 Å². The Bertz CT molecular complexity index is 1280. The molecular formula is C25H28N6O2. The Morgan fingerprint density at radius 1 is 0.879 bits per heavy atom. The number of hydrogen-bond acceptors (Lipinski definition) is 5. The van der Waals surface area contributed by atoms with Crippen LogP contribution in [-0.2, 0) is 0 Å². The molecule has 2 aromatic carbocycles. The molecule has 33 heavy (non-hydrogen) atoms. The van der Waals surface area contributed by atoms with Crippen LogP contribution in [0, 0.1) is 0 Å². The first-order valence-electron chi connectivity index (χ1n) is 11.4. The van der Waals surface area contributed by atoms with Crippen molar-refractivity contribution in [2.45, 2.75) is 25.6 Å². The van der Waals surface area contributed by atoms with E-state index in [0.717, 1.165) is 32.6 Å². The van der Waals surface area contributed by atoms with Crippen LogP contribution in [0.3, 0.4) is 0 Å². The van der Waals surface area contributed by atoms with E-state index < -0.39 is 11.2 Å². The van der Waals surface area contributed by atoms with Gasteiger partial charge in [-0.3, -0.25) is 24.1 Å². The van der Waals surface area contributed by atoms with Crippen molar-refractivity contribution < 1.29 is 0 Å². The number of aromatic nitrogens is 4. The number of piperazine rings is 1. The van der Waals surface area contributed by atoms with Crippen LogP contribution in [0.15, 0.2) is 76.6 Å². The number of imidazole rings is 1. The van der Waals surface area contributed by atoms with Crippen molar-refractivity contribution in [3.63, 3.8) is 0 Å². The molecule has 8 nitrogen and oxygen atoms in total. The number of rotatable bonds is 6. The lowest BCUT2D eigenvalue weighted by Gasteiger charge is -2.42. The zero-order chi connectivity index (χ0) is 22.8. The Balaban J connectivity index is 1.42. The Hall–Kier alpha value is -3.49. The molecule has 1 aliphatic heterocycles. The molecule has 0 saturated carbocycles. The van der Waals surface area contributed by atoms with E-state index in [1.807, 2.05) is 12.1 Å². The van der Waals surface area contributed by atoms with Crippen LogP contribution in [0.25, 0.3) is 11.2 Å². The Morgan fingerprint density at radius 2 is 1.45 bits per heavy atom. The summed E-state index contributed by atoms with van der Waals surface area (Å²) in [6.45, 7) is 5.42. The van der Waals surface area contributed by atoms with E-state index in [4.69, 9.17) is 0 Å². The molecule has 4 aromatic rings. The summed E-state index contributed by atoms with van der Waals surface area (Å²) in [5.41, 5.74) is 2.44. The molecule has 8 heteroatoms. The molecule has 1 saturated heterocycles. The first kappa shape index (κ1) is 21.4. The van der Waals surface area contributed by atoms with E-state index in [9.17, 15) is 9.59 Å². The number of hydrogen-bond donors (Lipinski definition) is 2. The van der Waals surface area contributed by atoms with Gasteiger partial charge in [0, 0.05) is 26.2 Å². The minimum absolute atomic E-state index is 0.172. The zero-order valence-corrected chi connectivity index (χ0v) is 18.6. The average molecular weight is 445 g/mol. The summed E-state index contributed by atoms with van der Waals surface area (Å²) in [6, 6.07) is 21.4. The molecule has 0 radical (unpaired) electrons. The third-order valence-electron chi connectivity index (χ3n) is 6.54. The normalized spacial score (nSPS) is 16.4. The van der Waals surface area contributed by atoms with Gasteiger partial charge in [0.2, 0.25) is 0 Å². The molecule has 2 aromatic heterocycles. The average Bonchev–Trinajstić information content (AvgIpc) is 3.34. The molecule has 0 aliphatic carbocycles. The van der Waals surface area contributed by atoms with Crippen LogP contribution >= 0.6 is 0 Å². The number of nitrogens with one attached hydrogen (secondary N) is 2. The third kappa shape index (κ3) is 4.03. The fourth-order valence-electron chi connectivity index (χ4n) is 5.01. The van der Waals surface area contributed by atoms with E-state index >= 15 is 0 Å². The van der Waals surface area contributed by atoms with E-state index in [0.29, 0.717) is 11.2 Å². The standard InChI is InChI=1S/C25H28N6O2/c1-2-20(31-23-21(26-17-27-23)24(32)28-25(31)33)29-13-15-30(16-14-29)22(18-9-5-3-6-10-18)19-11-7-4-8-12-19/h3-12,17,20,22H,2,13-16H2,1H3,(H,26,27)(H,28,32,33). The van der Waals surface area contributed by atoms with Crippen molar-refractivity contribution in [1.82, 2.24) is 29.3 Å². The Labute approximate surface area is 191 Å². The number of H-pyrrole nitrogens is 2. The second-order valence-corrected chi connectivity index (χ2v) is 8.42. The highest BCUT2D eigenvalue weighted by molar-refractivity contribution is 5.68. The van der Waals surface area contributed by atoms with Crippen molar-refractivity contribution in [3.05, 3.63) is 99.0 Å². The topological polar surface area (TPSA) is 90.0 Å². The lowest BCUT2D eigenvalue weighted by atomic mass is 9.96. The van der Waals surface area contributed by atoms with Gasteiger partial charge >= 0.3 is 5.69 Å². The molecular weight excluding hydrogens is 416 g/mol. The maximum Gasteiger partial charge on any atom is 0.331 e. The summed E-state index contributed by atoms with van der Waals surface area (Å²) in [7, 11) is 0. The predicted molar refractivity (Wildman–Crippen MR) is 128 cm³/mol. The highest BCUT2D eigenvalue weighted by Crippen LogP contribution is 2.30. The zero-order valence-electron chi connectivity index (χ0n) is 18.6. The number of nitrogens with zero attached hydrogens (tertiary/aromatic N) is 4. The molecule has 1 aliphatic rings. The number of aromatic amines is 2. The highest BCUT2D eigenvalue weighted by Gasteiger charge is 2.30. The minimum atomic E-state index is -0.433. The smallest absolute Gasteiger partial charge is 0.331 e. The molecule has 1 fully saturated rings. The summed E-state index contributed by atoms with van der Waals surface area (Å²) in [6.07, 6.45) is 2.02. The van der Waals surface area contributed by atoms with Gasteiger partial charge in [-0.2, -0.15) is 0 Å². The van der Waals surface area contributed by atoms with Gasteiger partial charge in [-0.05, 0) is 17.5 Å². The molecule has 1 atom stereocenters. The van der Waals surface area contributed by atoms with Crippen molar-refractivity contribution >= 4 is 11.2 Å². The predicted octanol–water partition coefficient (Wildman–Crippen LogP) is 2.73. The SMILES string of the molecule is CCC(N1CCN(C(c2ccccc2)c2ccccc2)CC1)n1c(=O)[nH]c(=O)c2[nH]cnc21. The second kappa shape index (κ2) is 9.17. The van der Waals surface area contributed by atoms with Crippen molar-refractivity contribution in [2.24, 2.45) is 0 Å². The van der Waals surface area contributed by atoms with Gasteiger partial charge < -0.3 is 4.98 Å². The van der Waals surface area contributed by atoms with E-state index in [2.05, 4.69) is 80.2 Å². The van der Waals surface area contributed by atoms with Gasteiger partial charge in [-0.15, -0.1) is 0 Å². The van der Waals surface area contributed by atoms with Crippen molar-refractivity contribution in [1.29, 1.82) is 0 Å². The largest absolute Gasteiger partial charge is 0.339 e. The van der Waals surface area contributed by atoms with Crippen LogP contribution in [0.2, 0.25) is 0 Å². The van der Waals surface area contributed by atoms with Gasteiger partial charge in [0.1, 0.15) is 5.52 Å². The molecule has 170 valence electrons. The van der Waals surface area contributed by atoms with Crippen LogP contribution in [0.5, 0.6) is 0 Å². The molecule has 0 spiro atoms. The Kier molecular flexibility index (Phi) is 5.93. The first-order chi connectivity index (χ1) is 16.2. The minimum Gasteiger partial charge on any atom is -0.339 e. The summed E-state index contributed by atoms with van der Waals surface area (Å²) >= 11 is 0. The maximum atomic E-state index is 12.8. The quantitative estimate of drug-likeness (QED) is 0.477. The molecule has 5 rings (SSSR count). The first-order valence-corrected chi connectivity index (χ1v) is 11.4. The second-order valence-electron chi connectivity index (χ2n) is 8.42. The van der Waals surface area contributed by atoms with Crippen LogP contribution in [-0.4, -0.2) is 55.5 Å². The fourth-order valence-corrected chi connectivity index (χ4v) is 5.01.